The molecule has 4 rings (SSSR count). The fraction of sp³-hybridized carbons (Fsp3) is 0.294. The Bertz CT molecular complexity index is 868. The van der Waals surface area contributed by atoms with Crippen LogP contribution in [0, 0.1) is 0 Å². The van der Waals surface area contributed by atoms with Crippen molar-refractivity contribution in [3.63, 3.8) is 0 Å². The third kappa shape index (κ3) is 2.73. The third-order valence-corrected chi connectivity index (χ3v) is 5.24. The minimum Gasteiger partial charge on any atom is -0.348 e. The molecule has 1 aliphatic heterocycles. The Morgan fingerprint density at radius 1 is 1.00 bits per heavy atom. The summed E-state index contributed by atoms with van der Waals surface area (Å²) >= 11 is 1.08. The molecule has 3 nitrogen and oxygen atoms in total. The van der Waals surface area contributed by atoms with E-state index in [0.717, 1.165) is 43.3 Å². The molecular weight excluding hydrogens is 335 g/mol. The molecule has 1 saturated heterocycles. The summed E-state index contributed by atoms with van der Waals surface area (Å²) in [6.07, 6.45) is -2.34. The Labute approximate surface area is 140 Å². The molecule has 24 heavy (non-hydrogen) atoms. The minimum absolute atomic E-state index is 0.115. The summed E-state index contributed by atoms with van der Waals surface area (Å²) in [6.45, 7) is 1.68. The molecule has 0 saturated carbocycles. The molecule has 0 aliphatic carbocycles. The highest BCUT2D eigenvalue weighted by Gasteiger charge is 2.35. The summed E-state index contributed by atoms with van der Waals surface area (Å²) in [4.78, 5) is 10.8. The van der Waals surface area contributed by atoms with Gasteiger partial charge in [0.2, 0.25) is 0 Å². The van der Waals surface area contributed by atoms with E-state index in [4.69, 9.17) is 0 Å². The lowest BCUT2D eigenvalue weighted by Crippen LogP contribution is -2.16. The molecule has 0 radical (unpaired) electrons. The van der Waals surface area contributed by atoms with Crippen molar-refractivity contribution in [1.82, 2.24) is 9.97 Å². The first-order valence-corrected chi connectivity index (χ1v) is 8.53. The third-order valence-electron chi connectivity index (χ3n) is 4.10. The van der Waals surface area contributed by atoms with E-state index in [1.807, 2.05) is 11.0 Å². The Kier molecular flexibility index (Phi) is 3.68. The number of hydrogen-bond acceptors (Lipinski definition) is 4. The van der Waals surface area contributed by atoms with Gasteiger partial charge < -0.3 is 4.90 Å². The molecule has 1 fully saturated rings. The van der Waals surface area contributed by atoms with Crippen molar-refractivity contribution in [3.05, 3.63) is 42.0 Å². The Balaban J connectivity index is 1.91. The molecule has 0 spiro atoms. The molecule has 0 N–H and O–H groups in total. The van der Waals surface area contributed by atoms with Crippen molar-refractivity contribution in [2.24, 2.45) is 0 Å². The smallest absolute Gasteiger partial charge is 0.348 e. The van der Waals surface area contributed by atoms with Crippen molar-refractivity contribution in [2.75, 3.05) is 18.0 Å². The van der Waals surface area contributed by atoms with Crippen molar-refractivity contribution in [1.29, 1.82) is 0 Å². The number of benzene rings is 1. The maximum Gasteiger partial charge on any atom is 0.417 e. The lowest BCUT2D eigenvalue weighted by atomic mass is 10.1. The van der Waals surface area contributed by atoms with Gasteiger partial charge in [-0.1, -0.05) is 41.7 Å². The van der Waals surface area contributed by atoms with Crippen LogP contribution < -0.4 is 4.90 Å². The second-order valence-electron chi connectivity index (χ2n) is 5.76. The first-order chi connectivity index (χ1) is 11.5. The fourth-order valence-corrected chi connectivity index (χ4v) is 4.01. The van der Waals surface area contributed by atoms with Crippen LogP contribution in [0.15, 0.2) is 36.4 Å². The van der Waals surface area contributed by atoms with Gasteiger partial charge in [-0.05, 0) is 18.9 Å². The maximum atomic E-state index is 13.5. The van der Waals surface area contributed by atoms with E-state index < -0.39 is 11.7 Å². The van der Waals surface area contributed by atoms with E-state index in [-0.39, 0.29) is 10.3 Å². The summed E-state index contributed by atoms with van der Waals surface area (Å²) in [6, 6.07) is 10.0. The highest BCUT2D eigenvalue weighted by molar-refractivity contribution is 7.22. The van der Waals surface area contributed by atoms with Gasteiger partial charge in [-0.15, -0.1) is 0 Å². The Morgan fingerprint density at radius 3 is 2.38 bits per heavy atom. The van der Waals surface area contributed by atoms with E-state index >= 15 is 0 Å². The molecule has 0 bridgehead atoms. The van der Waals surface area contributed by atoms with Crippen molar-refractivity contribution >= 4 is 26.8 Å². The van der Waals surface area contributed by atoms with Gasteiger partial charge in [0.05, 0.1) is 16.0 Å². The molecule has 0 atom stereocenters. The zero-order valence-electron chi connectivity index (χ0n) is 12.7. The number of nitrogens with zero attached hydrogens (tertiary/aromatic N) is 3. The van der Waals surface area contributed by atoms with E-state index in [0.29, 0.717) is 16.4 Å². The molecular formula is C17H14F3N3S. The first kappa shape index (κ1) is 15.4. The molecule has 3 heterocycles. The SMILES string of the molecule is FC(F)(F)c1cc(-c2ccccc2)nc2nc(N3CCCC3)sc12. The molecule has 1 aliphatic rings. The van der Waals surface area contributed by atoms with Crippen molar-refractivity contribution in [2.45, 2.75) is 19.0 Å². The Hall–Kier alpha value is -2.15. The van der Waals surface area contributed by atoms with E-state index in [1.54, 1.807) is 24.3 Å². The van der Waals surface area contributed by atoms with Gasteiger partial charge in [0, 0.05) is 18.7 Å². The number of aromatic nitrogens is 2. The lowest BCUT2D eigenvalue weighted by Gasteiger charge is -2.11. The largest absolute Gasteiger partial charge is 0.417 e. The standard InChI is InChI=1S/C17H14F3N3S/c18-17(19,20)12-10-13(11-6-2-1-3-7-11)21-15-14(12)24-16(22-15)23-8-4-5-9-23/h1-3,6-7,10H,4-5,8-9H2. The number of halogens is 3. The lowest BCUT2D eigenvalue weighted by molar-refractivity contribution is -0.136. The molecule has 0 unspecified atom stereocenters. The summed E-state index contributed by atoms with van der Waals surface area (Å²) < 4.78 is 40.7. The second-order valence-corrected chi connectivity index (χ2v) is 6.74. The number of anilines is 1. The maximum absolute atomic E-state index is 13.5. The number of hydrogen-bond donors (Lipinski definition) is 0. The molecule has 1 aromatic carbocycles. The van der Waals surface area contributed by atoms with Crippen LogP contribution in [0.1, 0.15) is 18.4 Å². The van der Waals surface area contributed by atoms with Crippen molar-refractivity contribution < 1.29 is 13.2 Å². The van der Waals surface area contributed by atoms with Crippen LogP contribution in [0.5, 0.6) is 0 Å². The first-order valence-electron chi connectivity index (χ1n) is 7.71. The minimum atomic E-state index is -4.43. The van der Waals surface area contributed by atoms with Crippen molar-refractivity contribution in [3.8, 4) is 11.3 Å². The normalized spacial score (nSPS) is 15.4. The van der Waals surface area contributed by atoms with E-state index in [9.17, 15) is 13.2 Å². The Morgan fingerprint density at radius 2 is 1.71 bits per heavy atom. The topological polar surface area (TPSA) is 29.0 Å². The second kappa shape index (κ2) is 5.73. The number of alkyl halides is 3. The van der Waals surface area contributed by atoms with Gasteiger partial charge in [0.1, 0.15) is 0 Å². The highest BCUT2D eigenvalue weighted by atomic mass is 32.1. The van der Waals surface area contributed by atoms with Gasteiger partial charge in [0.15, 0.2) is 10.8 Å². The molecule has 2 aromatic heterocycles. The highest BCUT2D eigenvalue weighted by Crippen LogP contribution is 2.41. The zero-order chi connectivity index (χ0) is 16.7. The fourth-order valence-electron chi connectivity index (χ4n) is 2.91. The average molecular weight is 349 g/mol. The van der Waals surface area contributed by atoms with Crippen LogP contribution in [-0.4, -0.2) is 23.1 Å². The molecule has 3 aromatic rings. The van der Waals surface area contributed by atoms with E-state index in [2.05, 4.69) is 9.97 Å². The van der Waals surface area contributed by atoms with Gasteiger partial charge in [-0.25, -0.2) is 4.98 Å². The van der Waals surface area contributed by atoms with Crippen LogP contribution in [0.3, 0.4) is 0 Å². The van der Waals surface area contributed by atoms with Crippen LogP contribution in [0.2, 0.25) is 0 Å². The van der Waals surface area contributed by atoms with Crippen LogP contribution in [0.4, 0.5) is 18.3 Å². The summed E-state index contributed by atoms with van der Waals surface area (Å²) in [5.41, 5.74) is 0.471. The molecule has 7 heteroatoms. The summed E-state index contributed by atoms with van der Waals surface area (Å²) in [7, 11) is 0. The monoisotopic (exact) mass is 349 g/mol. The van der Waals surface area contributed by atoms with Gasteiger partial charge in [0.25, 0.3) is 0 Å². The van der Waals surface area contributed by atoms with Crippen LogP contribution in [-0.2, 0) is 6.18 Å². The van der Waals surface area contributed by atoms with Gasteiger partial charge >= 0.3 is 6.18 Å². The van der Waals surface area contributed by atoms with Gasteiger partial charge in [-0.3, -0.25) is 0 Å². The number of rotatable bonds is 2. The van der Waals surface area contributed by atoms with Gasteiger partial charge in [-0.2, -0.15) is 18.2 Å². The average Bonchev–Trinajstić information content (AvgIpc) is 3.22. The number of thiazole rings is 1. The zero-order valence-corrected chi connectivity index (χ0v) is 13.5. The summed E-state index contributed by atoms with van der Waals surface area (Å²) in [5.74, 6) is 0. The number of fused-ring (bicyclic) bond motifs is 1. The van der Waals surface area contributed by atoms with E-state index in [1.165, 1.54) is 0 Å². The quantitative estimate of drug-likeness (QED) is 0.653. The van der Waals surface area contributed by atoms with Crippen LogP contribution >= 0.6 is 11.3 Å². The number of pyridine rings is 1. The molecule has 0 amide bonds. The molecule has 124 valence electrons. The summed E-state index contributed by atoms with van der Waals surface area (Å²) in [5, 5.41) is 0.630. The predicted molar refractivity (Wildman–Crippen MR) is 89.3 cm³/mol. The predicted octanol–water partition coefficient (Wildman–Crippen LogP) is 4.98. The van der Waals surface area contributed by atoms with Crippen LogP contribution in [0.25, 0.3) is 21.6 Å².